The number of carbonyl (C=O) groups excluding carboxylic acids is 1. The first-order valence-electron chi connectivity index (χ1n) is 9.67. The molecule has 32 heavy (non-hydrogen) atoms. The molecule has 2 aromatic rings. The van der Waals surface area contributed by atoms with Gasteiger partial charge in [0.15, 0.2) is 17.4 Å². The van der Waals surface area contributed by atoms with Crippen LogP contribution in [-0.2, 0) is 9.63 Å². The minimum Gasteiger partial charge on any atom is -0.493 e. The van der Waals surface area contributed by atoms with E-state index in [1.807, 2.05) is 0 Å². The zero-order chi connectivity index (χ0) is 23.2. The number of benzene rings is 1. The second-order valence-electron chi connectivity index (χ2n) is 7.56. The molecular formula is C21H22N2O9. The molecule has 4 rings (SSSR count). The fraction of sp³-hybridized carbons (Fsp3) is 0.381. The summed E-state index contributed by atoms with van der Waals surface area (Å²) in [5, 5.41) is 35.3. The summed E-state index contributed by atoms with van der Waals surface area (Å²) >= 11 is 0. The quantitative estimate of drug-likeness (QED) is 0.433. The van der Waals surface area contributed by atoms with Gasteiger partial charge in [-0.3, -0.25) is 4.79 Å². The molecule has 0 radical (unpaired) electrons. The molecule has 170 valence electrons. The molecule has 4 atom stereocenters. The maximum atomic E-state index is 13.0. The fourth-order valence-electron chi connectivity index (χ4n) is 3.87. The van der Waals surface area contributed by atoms with Crippen molar-refractivity contribution in [2.24, 2.45) is 5.16 Å². The van der Waals surface area contributed by atoms with Crippen LogP contribution in [-0.4, -0.2) is 72.1 Å². The van der Waals surface area contributed by atoms with E-state index in [-0.39, 0.29) is 22.7 Å². The van der Waals surface area contributed by atoms with Crippen molar-refractivity contribution in [1.29, 1.82) is 0 Å². The average Bonchev–Trinajstić information content (AvgIpc) is 2.79. The second kappa shape index (κ2) is 7.93. The number of rotatable bonds is 4. The number of amides is 1. The lowest BCUT2D eigenvalue weighted by Crippen LogP contribution is -2.62. The molecule has 1 amide bonds. The number of hydrogen-bond acceptors (Lipinski definition) is 10. The van der Waals surface area contributed by atoms with Crippen molar-refractivity contribution in [2.75, 3.05) is 26.2 Å². The number of hydrogen-bond donors (Lipinski definition) is 3. The van der Waals surface area contributed by atoms with Crippen molar-refractivity contribution < 1.29 is 38.8 Å². The standard InChI is InChI=1S/C21H22N2O9/c1-23(12-8-10-4-6-14(29-2)17(30-3)16(10)31-20(12)27)19(26)11-9-21(28)15(25)7-5-13(24)18(21)32-22-11/h4-8,13,15,18,24-25,28H,9H2,1-3H3/t13-,15-,18+,21+/m1/s1. The molecule has 1 aliphatic carbocycles. The van der Waals surface area contributed by atoms with Crippen LogP contribution in [0.1, 0.15) is 6.42 Å². The summed E-state index contributed by atoms with van der Waals surface area (Å²) in [6.07, 6.45) is -1.72. The van der Waals surface area contributed by atoms with Gasteiger partial charge < -0.3 is 38.9 Å². The third-order valence-electron chi connectivity index (χ3n) is 5.67. The molecule has 0 bridgehead atoms. The zero-order valence-electron chi connectivity index (χ0n) is 17.5. The predicted molar refractivity (Wildman–Crippen MR) is 112 cm³/mol. The number of carbonyl (C=O) groups is 1. The maximum absolute atomic E-state index is 13.0. The van der Waals surface area contributed by atoms with E-state index in [0.717, 1.165) is 4.90 Å². The lowest BCUT2D eigenvalue weighted by Gasteiger charge is -2.43. The van der Waals surface area contributed by atoms with Crippen LogP contribution >= 0.6 is 0 Å². The van der Waals surface area contributed by atoms with E-state index in [1.54, 1.807) is 12.1 Å². The number of aliphatic hydroxyl groups excluding tert-OH is 2. The second-order valence-corrected chi connectivity index (χ2v) is 7.56. The van der Waals surface area contributed by atoms with Crippen molar-refractivity contribution in [3.8, 4) is 11.5 Å². The van der Waals surface area contributed by atoms with Gasteiger partial charge in [0.2, 0.25) is 5.75 Å². The molecule has 0 fully saturated rings. The van der Waals surface area contributed by atoms with Crippen molar-refractivity contribution in [2.45, 2.75) is 30.3 Å². The van der Waals surface area contributed by atoms with Gasteiger partial charge in [-0.1, -0.05) is 17.3 Å². The minimum absolute atomic E-state index is 0.0874. The van der Waals surface area contributed by atoms with Crippen LogP contribution < -0.4 is 20.0 Å². The van der Waals surface area contributed by atoms with Gasteiger partial charge in [0.25, 0.3) is 5.91 Å². The van der Waals surface area contributed by atoms with E-state index in [4.69, 9.17) is 18.7 Å². The van der Waals surface area contributed by atoms with Gasteiger partial charge in [-0.05, 0) is 18.2 Å². The zero-order valence-corrected chi connectivity index (χ0v) is 17.5. The van der Waals surface area contributed by atoms with Crippen LogP contribution in [0.4, 0.5) is 5.69 Å². The maximum Gasteiger partial charge on any atom is 0.360 e. The van der Waals surface area contributed by atoms with Gasteiger partial charge in [-0.15, -0.1) is 0 Å². The number of fused-ring (bicyclic) bond motifs is 2. The highest BCUT2D eigenvalue weighted by molar-refractivity contribution is 6.43. The summed E-state index contributed by atoms with van der Waals surface area (Å²) in [6, 6.07) is 4.72. The molecule has 11 heteroatoms. The summed E-state index contributed by atoms with van der Waals surface area (Å²) in [4.78, 5) is 31.8. The Kier molecular flexibility index (Phi) is 5.41. The topological polar surface area (TPSA) is 151 Å². The fourth-order valence-corrected chi connectivity index (χ4v) is 3.87. The first kappa shape index (κ1) is 21.8. The molecule has 2 aliphatic rings. The molecule has 0 saturated heterocycles. The Labute approximate surface area is 181 Å². The Morgan fingerprint density at radius 3 is 2.69 bits per heavy atom. The summed E-state index contributed by atoms with van der Waals surface area (Å²) in [5.41, 5.74) is -2.94. The predicted octanol–water partition coefficient (Wildman–Crippen LogP) is -0.0594. The molecule has 0 saturated carbocycles. The third-order valence-corrected chi connectivity index (χ3v) is 5.67. The number of aliphatic hydroxyl groups is 3. The minimum atomic E-state index is -1.96. The Balaban J connectivity index is 1.68. The lowest BCUT2D eigenvalue weighted by molar-refractivity contribution is -0.191. The Morgan fingerprint density at radius 2 is 2.00 bits per heavy atom. The van der Waals surface area contributed by atoms with Gasteiger partial charge >= 0.3 is 5.63 Å². The van der Waals surface area contributed by atoms with E-state index in [1.165, 1.54) is 39.5 Å². The number of anilines is 1. The molecular weight excluding hydrogens is 424 g/mol. The van der Waals surface area contributed by atoms with Gasteiger partial charge in [-0.25, -0.2) is 4.79 Å². The largest absolute Gasteiger partial charge is 0.493 e. The Bertz CT molecular complexity index is 1190. The normalized spacial score (nSPS) is 26.7. The van der Waals surface area contributed by atoms with Crippen LogP contribution in [0.5, 0.6) is 11.5 Å². The van der Waals surface area contributed by atoms with E-state index in [2.05, 4.69) is 5.16 Å². The van der Waals surface area contributed by atoms with Gasteiger partial charge in [0, 0.05) is 18.9 Å². The number of methoxy groups -OCH3 is 2. The van der Waals surface area contributed by atoms with Crippen LogP contribution in [0.2, 0.25) is 0 Å². The van der Waals surface area contributed by atoms with Crippen LogP contribution in [0.15, 0.2) is 44.7 Å². The van der Waals surface area contributed by atoms with Crippen molar-refractivity contribution >= 4 is 28.3 Å². The monoisotopic (exact) mass is 446 g/mol. The summed E-state index contributed by atoms with van der Waals surface area (Å²) in [6.45, 7) is 0. The van der Waals surface area contributed by atoms with E-state index in [9.17, 15) is 24.9 Å². The van der Waals surface area contributed by atoms with E-state index >= 15 is 0 Å². The average molecular weight is 446 g/mol. The van der Waals surface area contributed by atoms with Crippen molar-refractivity contribution in [3.63, 3.8) is 0 Å². The molecule has 1 aliphatic heterocycles. The van der Waals surface area contributed by atoms with Crippen molar-refractivity contribution in [1.82, 2.24) is 0 Å². The molecule has 1 aromatic carbocycles. The molecule has 1 aromatic heterocycles. The Hall–Kier alpha value is -3.41. The SMILES string of the molecule is COc1ccc2cc(N(C)C(=O)C3=NO[C@H]4[C@H](O)C=C[C@@H](O)[C@@]4(O)C3)c(=O)oc2c1OC. The first-order chi connectivity index (χ1) is 15.2. The van der Waals surface area contributed by atoms with Crippen molar-refractivity contribution in [3.05, 3.63) is 40.8 Å². The third kappa shape index (κ3) is 3.30. The molecule has 0 spiro atoms. The highest BCUT2D eigenvalue weighted by Gasteiger charge is 2.54. The van der Waals surface area contributed by atoms with Crippen LogP contribution in [0.25, 0.3) is 11.0 Å². The highest BCUT2D eigenvalue weighted by Crippen LogP contribution is 2.36. The molecule has 0 unspecified atom stereocenters. The smallest absolute Gasteiger partial charge is 0.360 e. The van der Waals surface area contributed by atoms with Gasteiger partial charge in [0.1, 0.15) is 29.2 Å². The molecule has 2 heterocycles. The van der Waals surface area contributed by atoms with E-state index in [0.29, 0.717) is 11.1 Å². The van der Waals surface area contributed by atoms with Crippen LogP contribution in [0.3, 0.4) is 0 Å². The summed E-state index contributed by atoms with van der Waals surface area (Å²) < 4.78 is 15.9. The van der Waals surface area contributed by atoms with Gasteiger partial charge in [-0.2, -0.15) is 0 Å². The first-order valence-corrected chi connectivity index (χ1v) is 9.67. The lowest BCUT2D eigenvalue weighted by atomic mass is 9.78. The summed E-state index contributed by atoms with van der Waals surface area (Å²) in [5.74, 6) is -0.141. The Morgan fingerprint density at radius 1 is 1.25 bits per heavy atom. The number of oxime groups is 1. The highest BCUT2D eigenvalue weighted by atomic mass is 16.7. The summed E-state index contributed by atoms with van der Waals surface area (Å²) in [7, 11) is 4.20. The van der Waals surface area contributed by atoms with E-state index < -0.39 is 41.9 Å². The van der Waals surface area contributed by atoms with Crippen LogP contribution in [0, 0.1) is 0 Å². The number of ether oxygens (including phenoxy) is 2. The molecule has 3 N–H and O–H groups in total. The molecule has 11 nitrogen and oxygen atoms in total. The van der Waals surface area contributed by atoms with Gasteiger partial charge in [0.05, 0.1) is 14.2 Å². The number of nitrogens with zero attached hydrogens (tertiary/aromatic N) is 2.